The van der Waals surface area contributed by atoms with Crippen molar-refractivity contribution in [2.24, 2.45) is 35.0 Å². The highest BCUT2D eigenvalue weighted by atomic mass is 16.6. The number of carbonyl (C=O) groups excluding carboxylic acids is 2. The van der Waals surface area contributed by atoms with Crippen LogP contribution in [0.15, 0.2) is 18.2 Å². The molecule has 4 bridgehead atoms. The van der Waals surface area contributed by atoms with Gasteiger partial charge in [0.25, 0.3) is 0 Å². The van der Waals surface area contributed by atoms with Crippen LogP contribution in [0, 0.1) is 35.0 Å². The lowest BCUT2D eigenvalue weighted by molar-refractivity contribution is -0.204. The maximum atomic E-state index is 13.8. The molecular formula is C30H38O5. The highest BCUT2D eigenvalue weighted by molar-refractivity contribution is 6.11. The molecule has 7 aliphatic carbocycles. The lowest BCUT2D eigenvalue weighted by Gasteiger charge is -2.56. The molecular weight excluding hydrogens is 440 g/mol. The van der Waals surface area contributed by atoms with Gasteiger partial charge in [-0.2, -0.15) is 0 Å². The average Bonchev–Trinajstić information content (AvgIpc) is 3.04. The number of aliphatic hydroxyl groups is 1. The van der Waals surface area contributed by atoms with E-state index < -0.39 is 22.6 Å². The number of fused-ring (bicyclic) bond motifs is 5. The Morgan fingerprint density at radius 2 is 1.71 bits per heavy atom. The number of ether oxygens (including phenoxy) is 2. The molecule has 0 aromatic heterocycles. The zero-order chi connectivity index (χ0) is 24.2. The largest absolute Gasteiger partial charge is 0.497 e. The van der Waals surface area contributed by atoms with E-state index in [0.717, 1.165) is 50.7 Å². The van der Waals surface area contributed by atoms with Gasteiger partial charge in [0.2, 0.25) is 5.60 Å². The molecule has 1 aromatic carbocycles. The molecule has 0 radical (unpaired) electrons. The standard InChI is InChI=1S/C30H38O5/c1-28-8-7-23-22-6-4-21(34-2)12-20(22)3-5-24(23)25(28)16-30(33,26(28)31)27(32)35-29-13-17-9-18(14-29)11-19(10-17)15-29/h4,6,12,17-19,23-25,33H,3,5,7-11,13-16H2,1-2H3/t17?,18?,19?,23-,24-,25+,28+,29?,30-/m1/s1. The van der Waals surface area contributed by atoms with Crippen molar-refractivity contribution >= 4 is 11.8 Å². The van der Waals surface area contributed by atoms with Gasteiger partial charge in [0.05, 0.1) is 7.11 Å². The Morgan fingerprint density at radius 3 is 2.37 bits per heavy atom. The Balaban J connectivity index is 1.15. The third kappa shape index (κ3) is 3.09. The molecule has 5 atom stereocenters. The summed E-state index contributed by atoms with van der Waals surface area (Å²) in [7, 11) is 1.70. The molecule has 1 aromatic rings. The molecule has 5 heteroatoms. The van der Waals surface area contributed by atoms with Gasteiger partial charge in [0.1, 0.15) is 11.4 Å². The van der Waals surface area contributed by atoms with Crippen molar-refractivity contribution in [2.45, 2.75) is 94.7 Å². The number of methoxy groups -OCH3 is 1. The number of benzene rings is 1. The summed E-state index contributed by atoms with van der Waals surface area (Å²) in [5.74, 6) is 2.59. The fourth-order valence-corrected chi connectivity index (χ4v) is 10.2. The summed E-state index contributed by atoms with van der Waals surface area (Å²) in [6.45, 7) is 2.01. The minimum Gasteiger partial charge on any atom is -0.497 e. The van der Waals surface area contributed by atoms with Gasteiger partial charge in [-0.15, -0.1) is 0 Å². The first-order chi connectivity index (χ1) is 16.7. The van der Waals surface area contributed by atoms with Gasteiger partial charge in [-0.25, -0.2) is 4.79 Å². The molecule has 35 heavy (non-hydrogen) atoms. The Morgan fingerprint density at radius 1 is 1.03 bits per heavy atom. The third-order valence-corrected chi connectivity index (χ3v) is 11.4. The van der Waals surface area contributed by atoms with Crippen LogP contribution in [0.2, 0.25) is 0 Å². The predicted octanol–water partition coefficient (Wildman–Crippen LogP) is 4.97. The van der Waals surface area contributed by atoms with Crippen LogP contribution in [-0.4, -0.2) is 35.2 Å². The van der Waals surface area contributed by atoms with E-state index in [1.54, 1.807) is 7.11 Å². The molecule has 0 heterocycles. The minimum atomic E-state index is -1.99. The second kappa shape index (κ2) is 7.34. The van der Waals surface area contributed by atoms with Crippen molar-refractivity contribution < 1.29 is 24.2 Å². The third-order valence-electron chi connectivity index (χ3n) is 11.4. The van der Waals surface area contributed by atoms with E-state index in [0.29, 0.717) is 29.6 Å². The number of hydrogen-bond donors (Lipinski definition) is 1. The van der Waals surface area contributed by atoms with E-state index >= 15 is 0 Å². The Bertz CT molecular complexity index is 1060. The number of Topliss-reactive ketones (excluding diaryl/α,β-unsaturated/α-hetero) is 1. The van der Waals surface area contributed by atoms with E-state index in [1.165, 1.54) is 30.4 Å². The lowest BCUT2D eigenvalue weighted by Crippen LogP contribution is -2.56. The van der Waals surface area contributed by atoms with Gasteiger partial charge in [-0.3, -0.25) is 4.79 Å². The molecule has 6 saturated carbocycles. The van der Waals surface area contributed by atoms with Gasteiger partial charge in [0.15, 0.2) is 5.78 Å². The Labute approximate surface area is 207 Å². The Hall–Kier alpha value is -1.88. The van der Waals surface area contributed by atoms with Crippen molar-refractivity contribution in [3.63, 3.8) is 0 Å². The van der Waals surface area contributed by atoms with Gasteiger partial charge < -0.3 is 14.6 Å². The molecule has 0 spiro atoms. The van der Waals surface area contributed by atoms with Crippen molar-refractivity contribution in [3.05, 3.63) is 29.3 Å². The SMILES string of the molecule is COc1ccc2c(c1)CC[C@@H]1[C@@H]2CC[C@]2(C)C(=O)[C@@](O)(C(=O)OC34CC5CC(CC(C5)C3)C4)C[C@@H]12. The van der Waals surface area contributed by atoms with Crippen LogP contribution < -0.4 is 4.74 Å². The van der Waals surface area contributed by atoms with E-state index in [9.17, 15) is 14.7 Å². The number of rotatable bonds is 3. The van der Waals surface area contributed by atoms with Crippen LogP contribution in [0.1, 0.15) is 88.2 Å². The number of aryl methyl sites for hydroxylation is 1. The molecule has 5 nitrogen and oxygen atoms in total. The summed E-state index contributed by atoms with van der Waals surface area (Å²) in [6.07, 6.45) is 10.3. The minimum absolute atomic E-state index is 0.0120. The fourth-order valence-electron chi connectivity index (χ4n) is 10.2. The van der Waals surface area contributed by atoms with Crippen molar-refractivity contribution in [1.82, 2.24) is 0 Å². The van der Waals surface area contributed by atoms with Gasteiger partial charge in [-0.1, -0.05) is 13.0 Å². The molecule has 6 fully saturated rings. The molecule has 0 amide bonds. The molecule has 188 valence electrons. The van der Waals surface area contributed by atoms with Crippen LogP contribution >= 0.6 is 0 Å². The molecule has 7 aliphatic rings. The van der Waals surface area contributed by atoms with Crippen molar-refractivity contribution in [1.29, 1.82) is 0 Å². The van der Waals surface area contributed by atoms with Crippen LogP contribution in [0.4, 0.5) is 0 Å². The van der Waals surface area contributed by atoms with Gasteiger partial charge >= 0.3 is 5.97 Å². The first kappa shape index (κ1) is 22.3. The van der Waals surface area contributed by atoms with Crippen LogP contribution in [0.3, 0.4) is 0 Å². The topological polar surface area (TPSA) is 72.8 Å². The summed E-state index contributed by atoms with van der Waals surface area (Å²) >= 11 is 0. The first-order valence-electron chi connectivity index (χ1n) is 13.9. The summed E-state index contributed by atoms with van der Waals surface area (Å²) in [5, 5.41) is 11.7. The van der Waals surface area contributed by atoms with E-state index in [2.05, 4.69) is 12.1 Å². The zero-order valence-electron chi connectivity index (χ0n) is 21.1. The fraction of sp³-hybridized carbons (Fsp3) is 0.733. The normalized spacial score (nSPS) is 47.1. The van der Waals surface area contributed by atoms with Crippen molar-refractivity contribution in [2.75, 3.05) is 7.11 Å². The number of hydrogen-bond acceptors (Lipinski definition) is 5. The maximum Gasteiger partial charge on any atom is 0.346 e. The Kier molecular flexibility index (Phi) is 4.68. The number of esters is 1. The quantitative estimate of drug-likeness (QED) is 0.490. The van der Waals surface area contributed by atoms with E-state index in [4.69, 9.17) is 9.47 Å². The molecule has 0 saturated heterocycles. The summed E-state index contributed by atoms with van der Waals surface area (Å²) in [6, 6.07) is 6.38. The molecule has 0 aliphatic heterocycles. The number of carbonyl (C=O) groups is 2. The summed E-state index contributed by atoms with van der Waals surface area (Å²) < 4.78 is 11.7. The lowest BCUT2D eigenvalue weighted by atomic mass is 9.54. The smallest absolute Gasteiger partial charge is 0.346 e. The van der Waals surface area contributed by atoms with Crippen LogP contribution in [0.25, 0.3) is 0 Å². The first-order valence-corrected chi connectivity index (χ1v) is 13.9. The van der Waals surface area contributed by atoms with Crippen molar-refractivity contribution in [3.8, 4) is 5.75 Å². The second-order valence-corrected chi connectivity index (χ2v) is 13.3. The average molecular weight is 479 g/mol. The summed E-state index contributed by atoms with van der Waals surface area (Å²) in [5.41, 5.74) is -0.377. The number of ketones is 1. The zero-order valence-corrected chi connectivity index (χ0v) is 21.1. The summed E-state index contributed by atoms with van der Waals surface area (Å²) in [4.78, 5) is 27.5. The second-order valence-electron chi connectivity index (χ2n) is 13.3. The van der Waals surface area contributed by atoms with E-state index in [1.807, 2.05) is 13.0 Å². The monoisotopic (exact) mass is 478 g/mol. The maximum absolute atomic E-state index is 13.8. The highest BCUT2D eigenvalue weighted by Crippen LogP contribution is 2.63. The van der Waals surface area contributed by atoms with E-state index in [-0.39, 0.29) is 18.1 Å². The van der Waals surface area contributed by atoms with Gasteiger partial charge in [-0.05, 0) is 129 Å². The van der Waals surface area contributed by atoms with Crippen LogP contribution in [-0.2, 0) is 20.7 Å². The molecule has 1 N–H and O–H groups in total. The highest BCUT2D eigenvalue weighted by Gasteiger charge is 2.68. The van der Waals surface area contributed by atoms with Gasteiger partial charge in [0, 0.05) is 5.41 Å². The molecule has 0 unspecified atom stereocenters. The van der Waals surface area contributed by atoms with Crippen LogP contribution in [0.5, 0.6) is 5.75 Å². The molecule has 8 rings (SSSR count). The predicted molar refractivity (Wildman–Crippen MR) is 130 cm³/mol.